The Morgan fingerprint density at radius 3 is 1.32 bits per heavy atom. The van der Waals surface area contributed by atoms with Gasteiger partial charge in [-0.3, -0.25) is 18.6 Å². The van der Waals surface area contributed by atoms with E-state index in [2.05, 4.69) is 74.6 Å². The molecule has 2 atom stereocenters. The van der Waals surface area contributed by atoms with Crippen LogP contribution in [0.25, 0.3) is 0 Å². The number of quaternary nitrogens is 1. The number of hydrogen-bond donors (Lipinski definition) is 1. The van der Waals surface area contributed by atoms with Gasteiger partial charge in [0.15, 0.2) is 6.10 Å². The molecule has 378 valence electrons. The Morgan fingerprint density at radius 2 is 0.877 bits per heavy atom. The number of hydrogen-bond acceptors (Lipinski definition) is 7. The van der Waals surface area contributed by atoms with Crippen molar-refractivity contribution >= 4 is 19.8 Å². The largest absolute Gasteiger partial charge is 0.472 e. The average Bonchev–Trinajstić information content (AvgIpc) is 3.26. The SMILES string of the molecule is CC/C=C\C/C=C\C/C=C\C/C=C\CCCCCCCCCCCCCCC(=O)OC(COC(=O)CCCCCCC/C=C\CCCCCCCCC)COP(=O)(O)OCC[N+](C)(C)C. The van der Waals surface area contributed by atoms with Crippen molar-refractivity contribution in [1.29, 1.82) is 0 Å². The van der Waals surface area contributed by atoms with Crippen molar-refractivity contribution in [3.05, 3.63) is 60.8 Å². The summed E-state index contributed by atoms with van der Waals surface area (Å²) < 4.78 is 34.5. The van der Waals surface area contributed by atoms with Crippen LogP contribution in [0.2, 0.25) is 0 Å². The number of unbranched alkanes of at least 4 members (excludes halogenated alkanes) is 24. The number of likely N-dealkylation sites (N-methyl/N-ethyl adjacent to an activating group) is 1. The molecule has 1 N–H and O–H groups in total. The number of allylic oxidation sites excluding steroid dienone is 10. The Kier molecular flexibility index (Phi) is 45.2. The number of nitrogens with zero attached hydrogens (tertiary/aromatic N) is 1. The van der Waals surface area contributed by atoms with Crippen molar-refractivity contribution in [2.45, 2.75) is 232 Å². The fourth-order valence-electron chi connectivity index (χ4n) is 7.18. The van der Waals surface area contributed by atoms with Crippen LogP contribution < -0.4 is 0 Å². The summed E-state index contributed by atoms with van der Waals surface area (Å²) in [6.07, 6.45) is 58.4. The Hall–Kier alpha value is -2.29. The minimum Gasteiger partial charge on any atom is -0.462 e. The first-order valence-corrected chi connectivity index (χ1v) is 28.0. The fourth-order valence-corrected chi connectivity index (χ4v) is 7.92. The standard InChI is InChI=1S/C55H100NO8P/c1-6-8-10-12-14-16-18-20-22-24-25-26-27-28-29-30-31-32-34-36-38-40-42-44-46-48-55(58)64-53(52-63-65(59,60)62-50-49-56(3,4)5)51-61-54(57)47-45-43-41-39-37-35-33-23-21-19-17-15-13-11-9-7-2/h8,10,14,16,20,22-23,25-26,33,53H,6-7,9,11-13,15,17-19,21,24,27-32,34-52H2,1-5H3/p+1/b10-8-,16-14-,22-20-,26-25-,33-23-. The number of phosphoric ester groups is 1. The summed E-state index contributed by atoms with van der Waals surface area (Å²) in [6.45, 7) is 4.32. The van der Waals surface area contributed by atoms with Gasteiger partial charge in [0.25, 0.3) is 0 Å². The normalized spacial score (nSPS) is 13.9. The Bertz CT molecular complexity index is 1290. The van der Waals surface area contributed by atoms with Crippen LogP contribution >= 0.6 is 7.82 Å². The van der Waals surface area contributed by atoms with Gasteiger partial charge in [-0.05, 0) is 77.0 Å². The first-order valence-electron chi connectivity index (χ1n) is 26.5. The van der Waals surface area contributed by atoms with Crippen LogP contribution in [0.4, 0.5) is 0 Å². The van der Waals surface area contributed by atoms with Crippen LogP contribution in [0.5, 0.6) is 0 Å². The zero-order valence-electron chi connectivity index (χ0n) is 42.7. The summed E-state index contributed by atoms with van der Waals surface area (Å²) in [5, 5.41) is 0. The average molecular weight is 935 g/mol. The molecule has 0 aliphatic rings. The van der Waals surface area contributed by atoms with E-state index in [9.17, 15) is 19.0 Å². The van der Waals surface area contributed by atoms with Gasteiger partial charge >= 0.3 is 19.8 Å². The molecule has 0 aliphatic heterocycles. The number of esters is 2. The van der Waals surface area contributed by atoms with Gasteiger partial charge < -0.3 is 18.9 Å². The molecular weight excluding hydrogens is 834 g/mol. The topological polar surface area (TPSA) is 108 Å². The van der Waals surface area contributed by atoms with Gasteiger partial charge in [-0.25, -0.2) is 4.57 Å². The smallest absolute Gasteiger partial charge is 0.462 e. The first-order chi connectivity index (χ1) is 31.5. The molecule has 0 aromatic carbocycles. The highest BCUT2D eigenvalue weighted by Crippen LogP contribution is 2.43. The quantitative estimate of drug-likeness (QED) is 0.0211. The molecule has 0 bridgehead atoms. The van der Waals surface area contributed by atoms with E-state index in [0.29, 0.717) is 17.4 Å². The van der Waals surface area contributed by atoms with Gasteiger partial charge in [0.2, 0.25) is 0 Å². The molecule has 0 aromatic rings. The maximum Gasteiger partial charge on any atom is 0.472 e. The highest BCUT2D eigenvalue weighted by atomic mass is 31.2. The molecule has 0 amide bonds. The third-order valence-electron chi connectivity index (χ3n) is 11.3. The van der Waals surface area contributed by atoms with Crippen molar-refractivity contribution in [2.75, 3.05) is 47.5 Å². The molecule has 10 heteroatoms. The summed E-state index contributed by atoms with van der Waals surface area (Å²) in [5.74, 6) is -0.807. The van der Waals surface area contributed by atoms with E-state index in [1.165, 1.54) is 109 Å². The molecule has 0 fully saturated rings. The molecule has 0 radical (unpaired) electrons. The predicted molar refractivity (Wildman–Crippen MR) is 275 cm³/mol. The van der Waals surface area contributed by atoms with Crippen LogP contribution in [0.1, 0.15) is 226 Å². The third kappa shape index (κ3) is 51.0. The molecule has 0 spiro atoms. The van der Waals surface area contributed by atoms with E-state index in [1.807, 2.05) is 21.1 Å². The van der Waals surface area contributed by atoms with Gasteiger partial charge in [0, 0.05) is 12.8 Å². The molecule has 0 aromatic heterocycles. The van der Waals surface area contributed by atoms with Gasteiger partial charge in [-0.1, -0.05) is 197 Å². The van der Waals surface area contributed by atoms with Crippen molar-refractivity contribution in [2.24, 2.45) is 0 Å². The van der Waals surface area contributed by atoms with Crippen LogP contribution in [-0.2, 0) is 32.7 Å². The Morgan fingerprint density at radius 1 is 0.492 bits per heavy atom. The van der Waals surface area contributed by atoms with Crippen LogP contribution in [0, 0.1) is 0 Å². The van der Waals surface area contributed by atoms with Gasteiger partial charge in [0.1, 0.15) is 19.8 Å². The monoisotopic (exact) mass is 935 g/mol. The molecule has 0 saturated heterocycles. The van der Waals surface area contributed by atoms with E-state index < -0.39 is 26.5 Å². The van der Waals surface area contributed by atoms with Gasteiger partial charge in [0.05, 0.1) is 27.7 Å². The molecule has 2 unspecified atom stereocenters. The lowest BCUT2D eigenvalue weighted by Gasteiger charge is -2.24. The zero-order chi connectivity index (χ0) is 47.8. The molecule has 0 rings (SSSR count). The first kappa shape index (κ1) is 62.7. The second kappa shape index (κ2) is 46.8. The van der Waals surface area contributed by atoms with Crippen molar-refractivity contribution in [3.8, 4) is 0 Å². The predicted octanol–water partition coefficient (Wildman–Crippen LogP) is 16.0. The lowest BCUT2D eigenvalue weighted by molar-refractivity contribution is -0.870. The molecule has 65 heavy (non-hydrogen) atoms. The van der Waals surface area contributed by atoms with Crippen molar-refractivity contribution < 1.29 is 42.1 Å². The van der Waals surface area contributed by atoms with Crippen LogP contribution in [0.3, 0.4) is 0 Å². The summed E-state index contributed by atoms with van der Waals surface area (Å²) in [5.41, 5.74) is 0. The summed E-state index contributed by atoms with van der Waals surface area (Å²) in [4.78, 5) is 35.6. The maximum atomic E-state index is 12.8. The second-order valence-electron chi connectivity index (χ2n) is 18.9. The third-order valence-corrected chi connectivity index (χ3v) is 12.3. The van der Waals surface area contributed by atoms with Gasteiger partial charge in [-0.2, -0.15) is 0 Å². The van der Waals surface area contributed by atoms with E-state index in [-0.39, 0.29) is 32.0 Å². The number of phosphoric acid groups is 1. The molecule has 0 aliphatic carbocycles. The Balaban J connectivity index is 4.21. The summed E-state index contributed by atoms with van der Waals surface area (Å²) >= 11 is 0. The maximum absolute atomic E-state index is 12.8. The van der Waals surface area contributed by atoms with Crippen molar-refractivity contribution in [3.63, 3.8) is 0 Å². The number of ether oxygens (including phenoxy) is 2. The number of carbonyl (C=O) groups is 2. The number of rotatable bonds is 48. The molecular formula is C55H101NO8P+. The lowest BCUT2D eigenvalue weighted by Crippen LogP contribution is -2.37. The van der Waals surface area contributed by atoms with Crippen molar-refractivity contribution in [1.82, 2.24) is 0 Å². The van der Waals surface area contributed by atoms with E-state index in [4.69, 9.17) is 18.5 Å². The highest BCUT2D eigenvalue weighted by Gasteiger charge is 2.27. The minimum atomic E-state index is -4.38. The minimum absolute atomic E-state index is 0.0287. The zero-order valence-corrected chi connectivity index (χ0v) is 43.6. The van der Waals surface area contributed by atoms with Gasteiger partial charge in [-0.15, -0.1) is 0 Å². The van der Waals surface area contributed by atoms with E-state index in [0.717, 1.165) is 83.5 Å². The van der Waals surface area contributed by atoms with Crippen LogP contribution in [0.15, 0.2) is 60.8 Å². The highest BCUT2D eigenvalue weighted by molar-refractivity contribution is 7.47. The van der Waals surface area contributed by atoms with E-state index in [1.54, 1.807) is 0 Å². The Labute approximate surface area is 400 Å². The summed E-state index contributed by atoms with van der Waals surface area (Å²) in [6, 6.07) is 0. The molecule has 9 nitrogen and oxygen atoms in total. The van der Waals surface area contributed by atoms with Crippen LogP contribution in [-0.4, -0.2) is 74.9 Å². The second-order valence-corrected chi connectivity index (χ2v) is 20.3. The number of carbonyl (C=O) groups excluding carboxylic acids is 2. The van der Waals surface area contributed by atoms with E-state index >= 15 is 0 Å². The fraction of sp³-hybridized carbons (Fsp3) is 0.782. The molecule has 0 saturated carbocycles. The molecule has 0 heterocycles. The lowest BCUT2D eigenvalue weighted by atomic mass is 10.0. The summed E-state index contributed by atoms with van der Waals surface area (Å²) in [7, 11) is 1.47.